The van der Waals surface area contributed by atoms with E-state index in [-0.39, 0.29) is 12.5 Å². The van der Waals surface area contributed by atoms with Gasteiger partial charge < -0.3 is 25.0 Å². The Kier molecular flexibility index (Phi) is 11.6. The fraction of sp³-hybridized carbons (Fsp3) is 0.643. The molecule has 3 amide bonds. The second kappa shape index (κ2) is 13.4. The van der Waals surface area contributed by atoms with Crippen LogP contribution in [0.2, 0.25) is 0 Å². The van der Waals surface area contributed by atoms with Gasteiger partial charge in [-0.25, -0.2) is 4.79 Å². The molecular weight excluding hydrogens is 474 g/mol. The van der Waals surface area contributed by atoms with Crippen LogP contribution in [0.1, 0.15) is 85.9 Å². The van der Waals surface area contributed by atoms with Gasteiger partial charge in [-0.3, -0.25) is 14.4 Å². The molecule has 0 aliphatic carbocycles. The van der Waals surface area contributed by atoms with Gasteiger partial charge in [-0.2, -0.15) is 0 Å². The molecule has 37 heavy (non-hydrogen) atoms. The summed E-state index contributed by atoms with van der Waals surface area (Å²) in [5.74, 6) is -1.85. The fourth-order valence-corrected chi connectivity index (χ4v) is 3.72. The number of benzene rings is 1. The van der Waals surface area contributed by atoms with Crippen LogP contribution in [0.3, 0.4) is 0 Å². The van der Waals surface area contributed by atoms with Gasteiger partial charge in [0.1, 0.15) is 24.2 Å². The van der Waals surface area contributed by atoms with Gasteiger partial charge in [0.15, 0.2) is 0 Å². The van der Waals surface area contributed by atoms with Crippen molar-refractivity contribution in [1.29, 1.82) is 0 Å². The number of rotatable bonds is 11. The predicted molar refractivity (Wildman–Crippen MR) is 143 cm³/mol. The highest BCUT2D eigenvalue weighted by atomic mass is 16.6. The van der Waals surface area contributed by atoms with Crippen LogP contribution in [0.25, 0.3) is 0 Å². The number of ether oxygens (including phenoxy) is 2. The Morgan fingerprint density at radius 2 is 1.54 bits per heavy atom. The molecule has 9 nitrogen and oxygen atoms in total. The van der Waals surface area contributed by atoms with Crippen molar-refractivity contribution in [1.82, 2.24) is 15.5 Å². The number of nitrogens with one attached hydrogen (secondary N) is 2. The van der Waals surface area contributed by atoms with Crippen molar-refractivity contribution < 1.29 is 28.7 Å². The average molecular weight is 520 g/mol. The maximum absolute atomic E-state index is 14.2. The van der Waals surface area contributed by atoms with E-state index < -0.39 is 47.1 Å². The second-order valence-corrected chi connectivity index (χ2v) is 11.0. The molecule has 208 valence electrons. The smallest absolute Gasteiger partial charge is 0.408 e. The van der Waals surface area contributed by atoms with E-state index in [9.17, 15) is 19.2 Å². The zero-order valence-corrected chi connectivity index (χ0v) is 24.1. The van der Waals surface area contributed by atoms with E-state index in [2.05, 4.69) is 15.4 Å². The number of hydrogen-bond acceptors (Lipinski definition) is 6. The van der Waals surface area contributed by atoms with Gasteiger partial charge in [-0.15, -0.1) is 0 Å². The topological polar surface area (TPSA) is 114 Å². The Bertz CT molecular complexity index is 934. The van der Waals surface area contributed by atoms with E-state index in [1.807, 2.05) is 65.8 Å². The number of methoxy groups -OCH3 is 1. The Morgan fingerprint density at radius 1 is 0.973 bits per heavy atom. The molecule has 2 N–H and O–H groups in total. The van der Waals surface area contributed by atoms with Crippen molar-refractivity contribution in [2.75, 3.05) is 13.7 Å². The summed E-state index contributed by atoms with van der Waals surface area (Å²) in [6, 6.07) is 5.45. The Labute approximate surface area is 221 Å². The summed E-state index contributed by atoms with van der Waals surface area (Å²) in [6.07, 6.45) is 0.634. The van der Waals surface area contributed by atoms with Crippen molar-refractivity contribution in [3.05, 3.63) is 35.4 Å². The van der Waals surface area contributed by atoms with Crippen molar-refractivity contribution in [3.63, 3.8) is 0 Å². The molecule has 1 rings (SSSR count). The van der Waals surface area contributed by atoms with Gasteiger partial charge >= 0.3 is 12.1 Å². The van der Waals surface area contributed by atoms with Crippen LogP contribution in [0.5, 0.6) is 0 Å². The third kappa shape index (κ3) is 9.37. The number of amides is 3. The van der Waals surface area contributed by atoms with E-state index in [1.54, 1.807) is 20.8 Å². The lowest BCUT2D eigenvalue weighted by Crippen LogP contribution is -2.60. The van der Waals surface area contributed by atoms with E-state index in [0.717, 1.165) is 12.0 Å². The Hall–Kier alpha value is -3.10. The Morgan fingerprint density at radius 3 is 1.97 bits per heavy atom. The number of aryl methyl sites for hydroxylation is 1. The number of carbonyl (C=O) groups is 4. The number of carbonyl (C=O) groups excluding carboxylic acids is 4. The monoisotopic (exact) mass is 519 g/mol. The minimum atomic E-state index is -1.06. The summed E-state index contributed by atoms with van der Waals surface area (Å²) in [5, 5.41) is 5.33. The largest absolute Gasteiger partial charge is 0.468 e. The van der Waals surface area contributed by atoms with Gasteiger partial charge in [0.05, 0.1) is 7.11 Å². The van der Waals surface area contributed by atoms with Crippen molar-refractivity contribution in [2.24, 2.45) is 5.92 Å². The Balaban J connectivity index is 3.61. The second-order valence-electron chi connectivity index (χ2n) is 11.0. The summed E-state index contributed by atoms with van der Waals surface area (Å²) in [4.78, 5) is 53.7. The molecular formula is C28H45N3O6. The lowest BCUT2D eigenvalue weighted by Gasteiger charge is -2.45. The highest BCUT2D eigenvalue weighted by molar-refractivity contribution is 5.93. The summed E-state index contributed by atoms with van der Waals surface area (Å²) in [7, 11) is 1.24. The zero-order chi connectivity index (χ0) is 28.6. The highest BCUT2D eigenvalue weighted by Gasteiger charge is 2.43. The molecule has 0 aromatic heterocycles. The average Bonchev–Trinajstić information content (AvgIpc) is 2.82. The molecule has 0 bridgehead atoms. The summed E-state index contributed by atoms with van der Waals surface area (Å²) < 4.78 is 10.1. The lowest BCUT2D eigenvalue weighted by atomic mass is 9.90. The molecule has 2 unspecified atom stereocenters. The van der Waals surface area contributed by atoms with Gasteiger partial charge in [0, 0.05) is 5.54 Å². The minimum Gasteiger partial charge on any atom is -0.468 e. The van der Waals surface area contributed by atoms with Crippen molar-refractivity contribution in [2.45, 2.75) is 98.4 Å². The molecule has 0 fully saturated rings. The molecule has 0 spiro atoms. The van der Waals surface area contributed by atoms with Crippen molar-refractivity contribution >= 4 is 23.9 Å². The maximum atomic E-state index is 14.2. The molecule has 0 heterocycles. The van der Waals surface area contributed by atoms with Crippen LogP contribution in [-0.4, -0.2) is 59.6 Å². The number of nitrogens with zero attached hydrogens (tertiary/aromatic N) is 1. The normalized spacial score (nSPS) is 13.4. The highest BCUT2D eigenvalue weighted by Crippen LogP contribution is 2.33. The first-order valence-corrected chi connectivity index (χ1v) is 12.8. The minimum absolute atomic E-state index is 0.295. The molecule has 0 saturated heterocycles. The van der Waals surface area contributed by atoms with E-state index in [1.165, 1.54) is 12.0 Å². The van der Waals surface area contributed by atoms with Crippen LogP contribution in [0.15, 0.2) is 24.3 Å². The summed E-state index contributed by atoms with van der Waals surface area (Å²) in [6.45, 7) is 16.2. The maximum Gasteiger partial charge on any atom is 0.408 e. The first-order chi connectivity index (χ1) is 17.1. The first-order valence-electron chi connectivity index (χ1n) is 12.8. The quantitative estimate of drug-likeness (QED) is 0.425. The number of esters is 1. The van der Waals surface area contributed by atoms with Crippen LogP contribution < -0.4 is 10.6 Å². The third-order valence-corrected chi connectivity index (χ3v) is 6.20. The molecule has 0 saturated carbocycles. The molecule has 2 atom stereocenters. The fourth-order valence-electron chi connectivity index (χ4n) is 3.72. The van der Waals surface area contributed by atoms with Crippen LogP contribution in [0, 0.1) is 5.92 Å². The first kappa shape index (κ1) is 31.9. The molecule has 0 aliphatic rings. The summed E-state index contributed by atoms with van der Waals surface area (Å²) in [5.41, 5.74) is 0.149. The van der Waals surface area contributed by atoms with Gasteiger partial charge in [-0.1, -0.05) is 52.0 Å². The SMILES string of the molecule is CCc1ccc(C(C(=O)NCC(=O)OC)N(C(=O)C(NC(=O)OC(C)(C)C)C(C)C)C(C)(C)CC)cc1. The molecule has 0 radical (unpaired) electrons. The predicted octanol–water partition coefficient (Wildman–Crippen LogP) is 4.15. The number of hydrogen-bond donors (Lipinski definition) is 2. The summed E-state index contributed by atoms with van der Waals surface area (Å²) >= 11 is 0. The molecule has 1 aromatic rings. The third-order valence-electron chi connectivity index (χ3n) is 6.20. The number of alkyl carbamates (subject to hydrolysis) is 1. The van der Waals surface area contributed by atoms with E-state index in [0.29, 0.717) is 12.0 Å². The zero-order valence-electron chi connectivity index (χ0n) is 24.1. The standard InChI is InChI=1S/C28H45N3O6/c1-11-19-13-15-20(16-14-19)23(24(33)29-17-21(32)36-10)31(28(8,9)12-2)25(34)22(18(3)4)30-26(35)37-27(5,6)7/h13-16,18,22-23H,11-12,17H2,1-10H3,(H,29,33)(H,30,35). The molecule has 9 heteroatoms. The van der Waals surface area contributed by atoms with Gasteiger partial charge in [-0.05, 0) is 64.5 Å². The van der Waals surface area contributed by atoms with Gasteiger partial charge in [0.25, 0.3) is 0 Å². The van der Waals surface area contributed by atoms with Crippen LogP contribution >= 0.6 is 0 Å². The molecule has 0 aliphatic heterocycles. The van der Waals surface area contributed by atoms with E-state index >= 15 is 0 Å². The van der Waals surface area contributed by atoms with Crippen molar-refractivity contribution in [3.8, 4) is 0 Å². The van der Waals surface area contributed by atoms with Crippen LogP contribution in [-0.2, 0) is 30.3 Å². The van der Waals surface area contributed by atoms with E-state index in [4.69, 9.17) is 4.74 Å². The molecule has 1 aromatic carbocycles. The van der Waals surface area contributed by atoms with Crippen LogP contribution in [0.4, 0.5) is 4.79 Å². The lowest BCUT2D eigenvalue weighted by molar-refractivity contribution is -0.151. The van der Waals surface area contributed by atoms with Gasteiger partial charge in [0.2, 0.25) is 11.8 Å².